The van der Waals surface area contributed by atoms with Gasteiger partial charge in [0.2, 0.25) is 5.91 Å². The molecule has 0 radical (unpaired) electrons. The number of ether oxygens (including phenoxy) is 1. The number of benzene rings is 2. The van der Waals surface area contributed by atoms with E-state index in [-0.39, 0.29) is 37.3 Å². The lowest BCUT2D eigenvalue weighted by atomic mass is 9.98. The van der Waals surface area contributed by atoms with E-state index in [1.165, 1.54) is 11.1 Å². The molecule has 1 aliphatic rings. The van der Waals surface area contributed by atoms with E-state index >= 15 is 0 Å². The van der Waals surface area contributed by atoms with Gasteiger partial charge in [0, 0.05) is 31.3 Å². The molecule has 0 unspecified atom stereocenters. The molecule has 0 saturated heterocycles. The van der Waals surface area contributed by atoms with Gasteiger partial charge in [-0.3, -0.25) is 9.59 Å². The second-order valence-corrected chi connectivity index (χ2v) is 8.84. The Kier molecular flexibility index (Phi) is 9.50. The van der Waals surface area contributed by atoms with Crippen LogP contribution in [0.1, 0.15) is 68.9 Å². The molecule has 7 nitrogen and oxygen atoms in total. The minimum atomic E-state index is -0.756. The SMILES string of the molecule is C[C@H](CC(=O)NCCCCCCCC(=O)O)NC(=O)OCC1c2ccccc2-c2ccccc21. The maximum absolute atomic E-state index is 12.3. The Morgan fingerprint density at radius 1 is 0.912 bits per heavy atom. The lowest BCUT2D eigenvalue weighted by Crippen LogP contribution is -2.38. The standard InChI is InChI=1S/C27H34N2O5/c1-19(17-25(30)28-16-10-4-2-3-5-15-26(31)32)29-27(33)34-18-24-22-13-8-6-11-20(22)21-12-7-9-14-23(21)24/h6-9,11-14,19,24H,2-5,10,15-18H2,1H3,(H,28,30)(H,29,33)(H,31,32)/t19-/m1/s1. The predicted octanol–water partition coefficient (Wildman–Crippen LogP) is 4.85. The van der Waals surface area contributed by atoms with Gasteiger partial charge in [0.25, 0.3) is 0 Å². The molecule has 0 aromatic heterocycles. The van der Waals surface area contributed by atoms with Crippen LogP contribution < -0.4 is 10.6 Å². The van der Waals surface area contributed by atoms with Crippen LogP contribution in [0, 0.1) is 0 Å². The minimum Gasteiger partial charge on any atom is -0.481 e. The van der Waals surface area contributed by atoms with Gasteiger partial charge in [-0.1, -0.05) is 67.8 Å². The summed E-state index contributed by atoms with van der Waals surface area (Å²) in [4.78, 5) is 34.9. The van der Waals surface area contributed by atoms with Crippen LogP contribution in [0.5, 0.6) is 0 Å². The number of carboxylic acid groups (broad SMARTS) is 1. The highest BCUT2D eigenvalue weighted by Crippen LogP contribution is 2.44. The van der Waals surface area contributed by atoms with Gasteiger partial charge < -0.3 is 20.5 Å². The molecule has 2 aromatic carbocycles. The van der Waals surface area contributed by atoms with Gasteiger partial charge in [0.15, 0.2) is 0 Å². The lowest BCUT2D eigenvalue weighted by Gasteiger charge is -2.17. The molecule has 1 aliphatic carbocycles. The second kappa shape index (κ2) is 12.8. The Labute approximate surface area is 200 Å². The topological polar surface area (TPSA) is 105 Å². The number of hydrogen-bond acceptors (Lipinski definition) is 4. The summed E-state index contributed by atoms with van der Waals surface area (Å²) in [7, 11) is 0. The number of rotatable bonds is 13. The molecule has 7 heteroatoms. The number of unbranched alkanes of at least 4 members (excludes halogenated alkanes) is 4. The van der Waals surface area contributed by atoms with Crippen LogP contribution in [0.15, 0.2) is 48.5 Å². The van der Waals surface area contributed by atoms with Crippen LogP contribution in [-0.4, -0.2) is 42.3 Å². The average Bonchev–Trinajstić information content (AvgIpc) is 3.13. The van der Waals surface area contributed by atoms with Crippen LogP contribution in [0.2, 0.25) is 0 Å². The summed E-state index contributed by atoms with van der Waals surface area (Å²) < 4.78 is 5.53. The number of carboxylic acids is 1. The third-order valence-electron chi connectivity index (χ3n) is 6.09. The molecular formula is C27H34N2O5. The van der Waals surface area contributed by atoms with Crippen molar-refractivity contribution in [3.05, 3.63) is 59.7 Å². The van der Waals surface area contributed by atoms with E-state index in [1.807, 2.05) is 24.3 Å². The van der Waals surface area contributed by atoms with Crippen molar-refractivity contribution in [2.24, 2.45) is 0 Å². The molecule has 0 fully saturated rings. The molecule has 1 atom stereocenters. The smallest absolute Gasteiger partial charge is 0.407 e. The minimum absolute atomic E-state index is 0.000817. The van der Waals surface area contributed by atoms with Crippen molar-refractivity contribution < 1.29 is 24.2 Å². The average molecular weight is 467 g/mol. The van der Waals surface area contributed by atoms with E-state index in [0.29, 0.717) is 13.0 Å². The van der Waals surface area contributed by atoms with Crippen molar-refractivity contribution >= 4 is 18.0 Å². The van der Waals surface area contributed by atoms with Crippen LogP contribution in [0.3, 0.4) is 0 Å². The van der Waals surface area contributed by atoms with E-state index in [4.69, 9.17) is 9.84 Å². The summed E-state index contributed by atoms with van der Waals surface area (Å²) in [6, 6.07) is 16.0. The van der Waals surface area contributed by atoms with E-state index in [0.717, 1.165) is 36.8 Å². The molecule has 0 spiro atoms. The van der Waals surface area contributed by atoms with Crippen molar-refractivity contribution in [1.82, 2.24) is 10.6 Å². The number of fused-ring (bicyclic) bond motifs is 3. The fraction of sp³-hybridized carbons (Fsp3) is 0.444. The Morgan fingerprint density at radius 3 is 2.15 bits per heavy atom. The van der Waals surface area contributed by atoms with Crippen LogP contribution >= 0.6 is 0 Å². The number of hydrogen-bond donors (Lipinski definition) is 3. The highest BCUT2D eigenvalue weighted by atomic mass is 16.5. The van der Waals surface area contributed by atoms with E-state index in [1.54, 1.807) is 6.92 Å². The first-order chi connectivity index (χ1) is 16.5. The fourth-order valence-corrected chi connectivity index (χ4v) is 4.40. The Balaban J connectivity index is 1.33. The zero-order valence-corrected chi connectivity index (χ0v) is 19.7. The van der Waals surface area contributed by atoms with Gasteiger partial charge in [0.05, 0.1) is 0 Å². The molecule has 0 bridgehead atoms. The molecule has 2 aromatic rings. The highest BCUT2D eigenvalue weighted by Gasteiger charge is 2.29. The summed E-state index contributed by atoms with van der Waals surface area (Å²) in [5.74, 6) is -0.869. The quantitative estimate of drug-likeness (QED) is 0.366. The van der Waals surface area contributed by atoms with E-state index in [2.05, 4.69) is 34.9 Å². The molecule has 0 heterocycles. The van der Waals surface area contributed by atoms with Crippen molar-refractivity contribution in [2.75, 3.05) is 13.2 Å². The monoisotopic (exact) mass is 466 g/mol. The first-order valence-corrected chi connectivity index (χ1v) is 12.1. The number of nitrogens with one attached hydrogen (secondary N) is 2. The van der Waals surface area contributed by atoms with Crippen LogP contribution in [-0.2, 0) is 14.3 Å². The van der Waals surface area contributed by atoms with Crippen molar-refractivity contribution in [1.29, 1.82) is 0 Å². The van der Waals surface area contributed by atoms with Gasteiger partial charge >= 0.3 is 12.1 Å². The van der Waals surface area contributed by atoms with Gasteiger partial charge in [-0.25, -0.2) is 4.79 Å². The molecule has 34 heavy (non-hydrogen) atoms. The zero-order valence-electron chi connectivity index (χ0n) is 19.7. The van der Waals surface area contributed by atoms with Gasteiger partial charge in [-0.2, -0.15) is 0 Å². The lowest BCUT2D eigenvalue weighted by molar-refractivity contribution is -0.137. The number of carbonyl (C=O) groups is 3. The molecule has 3 N–H and O–H groups in total. The van der Waals surface area contributed by atoms with E-state index in [9.17, 15) is 14.4 Å². The van der Waals surface area contributed by atoms with Gasteiger partial charge in [-0.05, 0) is 42.0 Å². The molecular weight excluding hydrogens is 432 g/mol. The Hall–Kier alpha value is -3.35. The Morgan fingerprint density at radius 2 is 1.50 bits per heavy atom. The first-order valence-electron chi connectivity index (χ1n) is 12.1. The third kappa shape index (κ3) is 7.33. The second-order valence-electron chi connectivity index (χ2n) is 8.84. The summed E-state index contributed by atoms with van der Waals surface area (Å²) in [6.45, 7) is 2.60. The summed E-state index contributed by atoms with van der Waals surface area (Å²) in [6.07, 6.45) is 4.23. The number of aliphatic carboxylic acids is 1. The zero-order chi connectivity index (χ0) is 24.3. The summed E-state index contributed by atoms with van der Waals surface area (Å²) in [5, 5.41) is 14.2. The fourth-order valence-electron chi connectivity index (χ4n) is 4.40. The van der Waals surface area contributed by atoms with Gasteiger partial charge in [0.1, 0.15) is 6.61 Å². The number of carbonyl (C=O) groups excluding carboxylic acids is 2. The largest absolute Gasteiger partial charge is 0.481 e. The maximum Gasteiger partial charge on any atom is 0.407 e. The normalized spacial score (nSPS) is 13.0. The van der Waals surface area contributed by atoms with Crippen LogP contribution in [0.25, 0.3) is 11.1 Å². The highest BCUT2D eigenvalue weighted by molar-refractivity contribution is 5.79. The van der Waals surface area contributed by atoms with E-state index < -0.39 is 12.1 Å². The number of amides is 2. The molecule has 182 valence electrons. The van der Waals surface area contributed by atoms with Crippen molar-refractivity contribution in [2.45, 2.75) is 63.8 Å². The maximum atomic E-state index is 12.3. The van der Waals surface area contributed by atoms with Gasteiger partial charge in [-0.15, -0.1) is 0 Å². The molecule has 2 amide bonds. The molecule has 0 saturated carbocycles. The Bertz CT molecular complexity index is 945. The summed E-state index contributed by atoms with van der Waals surface area (Å²) in [5.41, 5.74) is 4.67. The van der Waals surface area contributed by atoms with Crippen LogP contribution in [0.4, 0.5) is 4.79 Å². The molecule has 3 rings (SSSR count). The summed E-state index contributed by atoms with van der Waals surface area (Å²) >= 11 is 0. The number of alkyl carbamates (subject to hydrolysis) is 1. The third-order valence-corrected chi connectivity index (χ3v) is 6.09. The first kappa shape index (κ1) is 25.3. The van der Waals surface area contributed by atoms with Crippen molar-refractivity contribution in [3.8, 4) is 11.1 Å². The van der Waals surface area contributed by atoms with Crippen molar-refractivity contribution in [3.63, 3.8) is 0 Å². The predicted molar refractivity (Wildman–Crippen MR) is 131 cm³/mol. The molecule has 0 aliphatic heterocycles.